The summed E-state index contributed by atoms with van der Waals surface area (Å²) in [7, 11) is 0. The summed E-state index contributed by atoms with van der Waals surface area (Å²) in [5.74, 6) is -0.553. The third-order valence-electron chi connectivity index (χ3n) is 4.02. The summed E-state index contributed by atoms with van der Waals surface area (Å²) in [5, 5.41) is 13.9. The molecule has 2 heterocycles. The molecule has 0 bridgehead atoms. The fourth-order valence-corrected chi connectivity index (χ4v) is 2.60. The molecule has 2 aromatic carbocycles. The number of anilines is 2. The molecule has 2 N–H and O–H groups in total. The van der Waals surface area contributed by atoms with Gasteiger partial charge in [0.2, 0.25) is 0 Å². The first-order chi connectivity index (χ1) is 14.7. The Balaban J connectivity index is 1.61. The molecule has 8 nitrogen and oxygen atoms in total. The highest BCUT2D eigenvalue weighted by molar-refractivity contribution is 6.06. The smallest absolute Gasteiger partial charge is 0.291 e. The molecular formula is C22H16N4O4. The average molecular weight is 400 g/mol. The minimum absolute atomic E-state index is 0.144. The number of hydrogen-bond acceptors (Lipinski definition) is 6. The van der Waals surface area contributed by atoms with E-state index < -0.39 is 11.8 Å². The normalized spacial score (nSPS) is 10.8. The topological polar surface area (TPSA) is 109 Å². The number of furan rings is 2. The molecule has 8 heteroatoms. The Morgan fingerprint density at radius 3 is 2.00 bits per heavy atom. The minimum atomic E-state index is -0.453. The highest BCUT2D eigenvalue weighted by atomic mass is 16.3. The van der Waals surface area contributed by atoms with Gasteiger partial charge in [0, 0.05) is 5.69 Å². The van der Waals surface area contributed by atoms with Crippen LogP contribution in [0.15, 0.2) is 104 Å². The van der Waals surface area contributed by atoms with Gasteiger partial charge >= 0.3 is 0 Å². The minimum Gasteiger partial charge on any atom is -0.459 e. The summed E-state index contributed by atoms with van der Waals surface area (Å²) in [6.45, 7) is 0. The summed E-state index contributed by atoms with van der Waals surface area (Å²) >= 11 is 0. The third kappa shape index (κ3) is 4.50. The van der Waals surface area contributed by atoms with Crippen LogP contribution in [0.25, 0.3) is 0 Å². The summed E-state index contributed by atoms with van der Waals surface area (Å²) in [6, 6.07) is 20.4. The molecule has 4 aromatic rings. The second-order valence-electron chi connectivity index (χ2n) is 6.13. The number of amides is 2. The number of rotatable bonds is 6. The van der Waals surface area contributed by atoms with E-state index in [0.29, 0.717) is 22.7 Å². The van der Waals surface area contributed by atoms with E-state index in [1.54, 1.807) is 42.5 Å². The van der Waals surface area contributed by atoms with Crippen molar-refractivity contribution in [3.63, 3.8) is 0 Å². The van der Waals surface area contributed by atoms with Gasteiger partial charge in [-0.15, -0.1) is 5.11 Å². The van der Waals surface area contributed by atoms with Crippen molar-refractivity contribution in [2.24, 2.45) is 10.2 Å². The maximum atomic E-state index is 12.4. The van der Waals surface area contributed by atoms with Crippen LogP contribution in [0.1, 0.15) is 21.1 Å². The second-order valence-corrected chi connectivity index (χ2v) is 6.13. The molecule has 0 saturated carbocycles. The Labute approximate surface area is 171 Å². The first kappa shape index (κ1) is 18.9. The van der Waals surface area contributed by atoms with E-state index in [0.717, 1.165) is 0 Å². The number of nitrogens with zero attached hydrogens (tertiary/aromatic N) is 2. The largest absolute Gasteiger partial charge is 0.459 e. The van der Waals surface area contributed by atoms with Gasteiger partial charge in [0.25, 0.3) is 11.8 Å². The zero-order chi connectivity index (χ0) is 20.8. The van der Waals surface area contributed by atoms with Gasteiger partial charge in [-0.3, -0.25) is 9.59 Å². The van der Waals surface area contributed by atoms with Crippen molar-refractivity contribution in [2.75, 3.05) is 10.6 Å². The molecule has 2 aromatic heterocycles. The number of benzene rings is 2. The molecule has 0 aliphatic rings. The molecule has 30 heavy (non-hydrogen) atoms. The Morgan fingerprint density at radius 1 is 0.700 bits per heavy atom. The Bertz CT molecular complexity index is 1170. The summed E-state index contributed by atoms with van der Waals surface area (Å²) < 4.78 is 10.2. The van der Waals surface area contributed by atoms with Crippen molar-refractivity contribution in [2.45, 2.75) is 0 Å². The van der Waals surface area contributed by atoms with Crippen LogP contribution in [0.2, 0.25) is 0 Å². The second kappa shape index (κ2) is 8.70. The maximum Gasteiger partial charge on any atom is 0.291 e. The van der Waals surface area contributed by atoms with Crippen LogP contribution in [0.3, 0.4) is 0 Å². The first-order valence-electron chi connectivity index (χ1n) is 8.99. The van der Waals surface area contributed by atoms with Gasteiger partial charge in [-0.05, 0) is 54.6 Å². The lowest BCUT2D eigenvalue weighted by Gasteiger charge is -2.10. The molecule has 2 amide bonds. The first-order valence-corrected chi connectivity index (χ1v) is 8.99. The van der Waals surface area contributed by atoms with Gasteiger partial charge in [-0.2, -0.15) is 5.11 Å². The average Bonchev–Trinajstić information content (AvgIpc) is 3.48. The van der Waals surface area contributed by atoms with Crippen molar-refractivity contribution >= 4 is 34.6 Å². The Kier molecular flexibility index (Phi) is 5.47. The van der Waals surface area contributed by atoms with Gasteiger partial charge in [-0.1, -0.05) is 18.2 Å². The monoisotopic (exact) mass is 400 g/mol. The van der Waals surface area contributed by atoms with Gasteiger partial charge < -0.3 is 19.5 Å². The molecule has 0 radical (unpaired) electrons. The standard InChI is InChI=1S/C22H16N4O4/c27-21(19-8-4-12-29-19)23-16-10-11-17(26-25-15-6-2-1-3-7-15)18(14-16)24-22(28)20-9-5-13-30-20/h1-14H,(H,23,27)(H,24,28). The predicted molar refractivity (Wildman–Crippen MR) is 110 cm³/mol. The van der Waals surface area contributed by atoms with Gasteiger partial charge in [-0.25, -0.2) is 0 Å². The van der Waals surface area contributed by atoms with Crippen LogP contribution in [0.5, 0.6) is 0 Å². The molecule has 4 rings (SSSR count). The van der Waals surface area contributed by atoms with E-state index >= 15 is 0 Å². The number of carbonyl (C=O) groups is 2. The molecule has 0 unspecified atom stereocenters. The lowest BCUT2D eigenvalue weighted by Crippen LogP contribution is -2.13. The highest BCUT2D eigenvalue weighted by Crippen LogP contribution is 2.31. The van der Waals surface area contributed by atoms with Gasteiger partial charge in [0.15, 0.2) is 11.5 Å². The molecule has 0 saturated heterocycles. The van der Waals surface area contributed by atoms with E-state index in [1.165, 1.54) is 12.5 Å². The van der Waals surface area contributed by atoms with Crippen molar-refractivity contribution in [1.82, 2.24) is 0 Å². The van der Waals surface area contributed by atoms with Crippen molar-refractivity contribution in [3.05, 3.63) is 96.8 Å². The van der Waals surface area contributed by atoms with E-state index in [1.807, 2.05) is 30.3 Å². The fraction of sp³-hybridized carbons (Fsp3) is 0. The van der Waals surface area contributed by atoms with E-state index in [4.69, 9.17) is 8.83 Å². The lowest BCUT2D eigenvalue weighted by atomic mass is 10.2. The lowest BCUT2D eigenvalue weighted by molar-refractivity contribution is 0.0990. The molecule has 0 atom stereocenters. The van der Waals surface area contributed by atoms with Crippen LogP contribution in [0.4, 0.5) is 22.7 Å². The zero-order valence-corrected chi connectivity index (χ0v) is 15.6. The van der Waals surface area contributed by atoms with Gasteiger partial charge in [0.1, 0.15) is 5.69 Å². The van der Waals surface area contributed by atoms with E-state index in [2.05, 4.69) is 20.9 Å². The van der Waals surface area contributed by atoms with Crippen molar-refractivity contribution in [1.29, 1.82) is 0 Å². The number of nitrogens with one attached hydrogen (secondary N) is 2. The number of hydrogen-bond donors (Lipinski definition) is 2. The summed E-state index contributed by atoms with van der Waals surface area (Å²) in [6.07, 6.45) is 2.82. The fourth-order valence-electron chi connectivity index (χ4n) is 2.60. The van der Waals surface area contributed by atoms with Crippen LogP contribution in [-0.4, -0.2) is 11.8 Å². The van der Waals surface area contributed by atoms with Crippen LogP contribution >= 0.6 is 0 Å². The SMILES string of the molecule is O=C(Nc1ccc(N=Nc2ccccc2)c(NC(=O)c2ccco2)c1)c1ccco1. The van der Waals surface area contributed by atoms with Crippen molar-refractivity contribution < 1.29 is 18.4 Å². The van der Waals surface area contributed by atoms with Crippen LogP contribution in [0, 0.1) is 0 Å². The van der Waals surface area contributed by atoms with Crippen LogP contribution in [-0.2, 0) is 0 Å². The molecule has 0 aliphatic carbocycles. The van der Waals surface area contributed by atoms with Crippen molar-refractivity contribution in [3.8, 4) is 0 Å². The molecule has 0 fully saturated rings. The van der Waals surface area contributed by atoms with Gasteiger partial charge in [0.05, 0.1) is 23.9 Å². The number of azo groups is 1. The van der Waals surface area contributed by atoms with E-state index in [9.17, 15) is 9.59 Å². The molecule has 0 spiro atoms. The third-order valence-corrected chi connectivity index (χ3v) is 4.02. The molecule has 0 aliphatic heterocycles. The maximum absolute atomic E-state index is 12.4. The Morgan fingerprint density at radius 2 is 1.37 bits per heavy atom. The zero-order valence-electron chi connectivity index (χ0n) is 15.6. The highest BCUT2D eigenvalue weighted by Gasteiger charge is 2.14. The quantitative estimate of drug-likeness (QED) is 0.399. The van der Waals surface area contributed by atoms with E-state index in [-0.39, 0.29) is 11.5 Å². The molecular weight excluding hydrogens is 384 g/mol. The van der Waals surface area contributed by atoms with Crippen LogP contribution < -0.4 is 10.6 Å². The number of carbonyl (C=O) groups excluding carboxylic acids is 2. The summed E-state index contributed by atoms with van der Waals surface area (Å²) in [4.78, 5) is 24.7. The Hall–Kier alpha value is -4.46. The predicted octanol–water partition coefficient (Wildman–Crippen LogP) is 5.79. The molecule has 148 valence electrons. The summed E-state index contributed by atoms with van der Waals surface area (Å²) in [5.41, 5.74) is 1.88.